The Morgan fingerprint density at radius 2 is 2.00 bits per heavy atom. The molecule has 1 aromatic heterocycles. The number of likely N-dealkylation sites (N-methyl/N-ethyl adjacent to an activating group) is 1. The first kappa shape index (κ1) is 15.2. The minimum atomic E-state index is -2.65. The molecule has 0 aliphatic carbocycles. The van der Waals surface area contributed by atoms with Gasteiger partial charge in [0.25, 0.3) is 0 Å². The van der Waals surface area contributed by atoms with E-state index in [2.05, 4.69) is 4.98 Å². The van der Waals surface area contributed by atoms with E-state index in [4.69, 9.17) is 0 Å². The maximum atomic E-state index is 12.7. The standard InChI is InChI=1S/C15H17F2N3O/c1-11-3-5-12(6-4-11)9-14(21)19(2)10-13-18-7-8-20(13)15(16)17/h3-8,15H,9-10H2,1-2H3. The number of aryl methyl sites for hydroxylation is 1. The van der Waals surface area contributed by atoms with Gasteiger partial charge < -0.3 is 4.90 Å². The van der Waals surface area contributed by atoms with E-state index in [1.54, 1.807) is 7.05 Å². The largest absolute Gasteiger partial charge is 0.338 e. The van der Waals surface area contributed by atoms with Crippen LogP contribution in [0.2, 0.25) is 0 Å². The lowest BCUT2D eigenvalue weighted by atomic mass is 10.1. The molecule has 2 rings (SSSR count). The zero-order valence-corrected chi connectivity index (χ0v) is 12.0. The molecule has 0 spiro atoms. The fourth-order valence-corrected chi connectivity index (χ4v) is 1.96. The SMILES string of the molecule is Cc1ccc(CC(=O)N(C)Cc2nccn2C(F)F)cc1. The molecule has 21 heavy (non-hydrogen) atoms. The summed E-state index contributed by atoms with van der Waals surface area (Å²) in [5.74, 6) is 0.0347. The van der Waals surface area contributed by atoms with Gasteiger partial charge in [-0.25, -0.2) is 4.98 Å². The summed E-state index contributed by atoms with van der Waals surface area (Å²) in [6.07, 6.45) is 2.75. The van der Waals surface area contributed by atoms with Gasteiger partial charge in [-0.3, -0.25) is 9.36 Å². The van der Waals surface area contributed by atoms with Gasteiger partial charge in [-0.2, -0.15) is 8.78 Å². The molecule has 0 aliphatic rings. The Bertz CT molecular complexity index is 608. The zero-order chi connectivity index (χ0) is 15.4. The van der Waals surface area contributed by atoms with Crippen LogP contribution in [-0.2, 0) is 17.8 Å². The lowest BCUT2D eigenvalue weighted by Crippen LogP contribution is -2.29. The Kier molecular flexibility index (Phi) is 4.67. The summed E-state index contributed by atoms with van der Waals surface area (Å²) in [4.78, 5) is 17.4. The number of hydrogen-bond acceptors (Lipinski definition) is 2. The van der Waals surface area contributed by atoms with Crippen LogP contribution in [0.3, 0.4) is 0 Å². The molecule has 0 fully saturated rings. The highest BCUT2D eigenvalue weighted by Crippen LogP contribution is 2.14. The van der Waals surface area contributed by atoms with Crippen LogP contribution in [0.5, 0.6) is 0 Å². The van der Waals surface area contributed by atoms with Gasteiger partial charge in [0, 0.05) is 19.4 Å². The second-order valence-corrected chi connectivity index (χ2v) is 4.94. The molecule has 1 heterocycles. The Labute approximate surface area is 122 Å². The van der Waals surface area contributed by atoms with Crippen LogP contribution >= 0.6 is 0 Å². The molecule has 1 amide bonds. The molecule has 0 saturated carbocycles. The van der Waals surface area contributed by atoms with Gasteiger partial charge in [0.2, 0.25) is 5.91 Å². The smallest absolute Gasteiger partial charge is 0.319 e. The first-order valence-electron chi connectivity index (χ1n) is 6.56. The zero-order valence-electron chi connectivity index (χ0n) is 12.0. The van der Waals surface area contributed by atoms with Crippen LogP contribution < -0.4 is 0 Å². The average Bonchev–Trinajstić information content (AvgIpc) is 2.89. The molecule has 4 nitrogen and oxygen atoms in total. The second kappa shape index (κ2) is 6.47. The van der Waals surface area contributed by atoms with Crippen molar-refractivity contribution in [1.29, 1.82) is 0 Å². The van der Waals surface area contributed by atoms with Crippen LogP contribution in [0.4, 0.5) is 8.78 Å². The summed E-state index contributed by atoms with van der Waals surface area (Å²) < 4.78 is 26.2. The molecule has 0 atom stereocenters. The Hall–Kier alpha value is -2.24. The van der Waals surface area contributed by atoms with Gasteiger partial charge in [0.15, 0.2) is 0 Å². The number of amides is 1. The minimum absolute atomic E-state index is 0.0576. The van der Waals surface area contributed by atoms with Crippen molar-refractivity contribution in [3.05, 3.63) is 53.6 Å². The molecule has 0 N–H and O–H groups in total. The number of imidazole rings is 1. The lowest BCUT2D eigenvalue weighted by Gasteiger charge is -2.17. The normalized spacial score (nSPS) is 10.9. The summed E-state index contributed by atoms with van der Waals surface area (Å²) >= 11 is 0. The van der Waals surface area contributed by atoms with Crippen LogP contribution in [0.1, 0.15) is 23.5 Å². The number of hydrogen-bond donors (Lipinski definition) is 0. The molecule has 0 radical (unpaired) electrons. The number of carbonyl (C=O) groups is 1. The second-order valence-electron chi connectivity index (χ2n) is 4.94. The van der Waals surface area contributed by atoms with Crippen LogP contribution in [0, 0.1) is 6.92 Å². The molecule has 2 aromatic rings. The van der Waals surface area contributed by atoms with E-state index in [1.165, 1.54) is 17.3 Å². The van der Waals surface area contributed by atoms with Crippen molar-refractivity contribution in [2.75, 3.05) is 7.05 Å². The van der Waals surface area contributed by atoms with Gasteiger partial charge in [-0.15, -0.1) is 0 Å². The van der Waals surface area contributed by atoms with Crippen LogP contribution in [-0.4, -0.2) is 27.4 Å². The molecule has 0 saturated heterocycles. The highest BCUT2D eigenvalue weighted by atomic mass is 19.3. The number of carbonyl (C=O) groups excluding carboxylic acids is 1. The fraction of sp³-hybridized carbons (Fsp3) is 0.333. The Morgan fingerprint density at radius 1 is 1.33 bits per heavy atom. The Balaban J connectivity index is 1.99. The number of nitrogens with zero attached hydrogens (tertiary/aromatic N) is 3. The average molecular weight is 293 g/mol. The van der Waals surface area contributed by atoms with E-state index in [1.807, 2.05) is 31.2 Å². The third-order valence-corrected chi connectivity index (χ3v) is 3.24. The molecular weight excluding hydrogens is 276 g/mol. The van der Waals surface area contributed by atoms with Crippen molar-refractivity contribution in [2.45, 2.75) is 26.4 Å². The maximum Gasteiger partial charge on any atom is 0.319 e. The van der Waals surface area contributed by atoms with Gasteiger partial charge in [-0.05, 0) is 12.5 Å². The van der Waals surface area contributed by atoms with Gasteiger partial charge >= 0.3 is 6.55 Å². The number of benzene rings is 1. The van der Waals surface area contributed by atoms with Crippen molar-refractivity contribution in [3.63, 3.8) is 0 Å². The molecule has 0 bridgehead atoms. The van der Waals surface area contributed by atoms with Crippen LogP contribution in [0.15, 0.2) is 36.7 Å². The summed E-state index contributed by atoms with van der Waals surface area (Å²) in [6, 6.07) is 7.65. The van der Waals surface area contributed by atoms with Crippen molar-refractivity contribution >= 4 is 5.91 Å². The third kappa shape index (κ3) is 3.87. The first-order chi connectivity index (χ1) is 9.97. The predicted molar refractivity (Wildman–Crippen MR) is 74.8 cm³/mol. The first-order valence-corrected chi connectivity index (χ1v) is 6.56. The molecular formula is C15H17F2N3O. The molecule has 6 heteroatoms. The van der Waals surface area contributed by atoms with Gasteiger partial charge in [0.05, 0.1) is 13.0 Å². The minimum Gasteiger partial charge on any atom is -0.338 e. The summed E-state index contributed by atoms with van der Waals surface area (Å²) in [5.41, 5.74) is 2.02. The van der Waals surface area contributed by atoms with Crippen LogP contribution in [0.25, 0.3) is 0 Å². The third-order valence-electron chi connectivity index (χ3n) is 3.24. The van der Waals surface area contributed by atoms with E-state index >= 15 is 0 Å². The highest BCUT2D eigenvalue weighted by Gasteiger charge is 2.16. The summed E-state index contributed by atoms with van der Waals surface area (Å²) in [5, 5.41) is 0. The number of alkyl halides is 2. The molecule has 0 aliphatic heterocycles. The number of aromatic nitrogens is 2. The molecule has 1 aromatic carbocycles. The summed E-state index contributed by atoms with van der Waals surface area (Å²) in [6.45, 7) is -0.618. The van der Waals surface area contributed by atoms with Crippen molar-refractivity contribution in [1.82, 2.24) is 14.5 Å². The lowest BCUT2D eigenvalue weighted by molar-refractivity contribution is -0.129. The fourth-order valence-electron chi connectivity index (χ4n) is 1.96. The summed E-state index contributed by atoms with van der Waals surface area (Å²) in [7, 11) is 1.58. The molecule has 0 unspecified atom stereocenters. The van der Waals surface area contributed by atoms with E-state index in [-0.39, 0.29) is 24.7 Å². The monoisotopic (exact) mass is 293 g/mol. The Morgan fingerprint density at radius 3 is 2.62 bits per heavy atom. The van der Waals surface area contributed by atoms with E-state index in [0.717, 1.165) is 15.7 Å². The van der Waals surface area contributed by atoms with Gasteiger partial charge in [-0.1, -0.05) is 29.8 Å². The van der Waals surface area contributed by atoms with E-state index in [0.29, 0.717) is 0 Å². The van der Waals surface area contributed by atoms with E-state index in [9.17, 15) is 13.6 Å². The molecule has 112 valence electrons. The quantitative estimate of drug-likeness (QED) is 0.850. The predicted octanol–water partition coefficient (Wildman–Crippen LogP) is 2.79. The van der Waals surface area contributed by atoms with Crippen molar-refractivity contribution in [3.8, 4) is 0 Å². The maximum absolute atomic E-state index is 12.7. The van der Waals surface area contributed by atoms with E-state index < -0.39 is 6.55 Å². The van der Waals surface area contributed by atoms with Gasteiger partial charge in [0.1, 0.15) is 5.82 Å². The number of rotatable bonds is 5. The van der Waals surface area contributed by atoms with Crippen molar-refractivity contribution in [2.24, 2.45) is 0 Å². The topological polar surface area (TPSA) is 38.1 Å². The van der Waals surface area contributed by atoms with Crippen molar-refractivity contribution < 1.29 is 13.6 Å². The number of halogens is 2. The highest BCUT2D eigenvalue weighted by molar-refractivity contribution is 5.78.